The number of anilines is 1. The maximum atomic E-state index is 12.3. The molecule has 2 rings (SSSR count). The van der Waals surface area contributed by atoms with Gasteiger partial charge in [0.1, 0.15) is 6.54 Å². The number of tetrazole rings is 1. The fourth-order valence-electron chi connectivity index (χ4n) is 1.41. The van der Waals surface area contributed by atoms with E-state index in [2.05, 4.69) is 15.5 Å². The highest BCUT2D eigenvalue weighted by Gasteiger charge is 2.17. The standard InChI is InChI=1S/C9H8ClF2N5/c10-5-2-1-3-6(13)8(5)9-14-15-16-17(9)4-7(11)12/h1-3,7H,4,13H2. The number of nitrogens with two attached hydrogens (primary N) is 1. The van der Waals surface area contributed by atoms with Crippen LogP contribution in [0.4, 0.5) is 14.5 Å². The minimum Gasteiger partial charge on any atom is -0.398 e. The van der Waals surface area contributed by atoms with E-state index in [1.165, 1.54) is 0 Å². The van der Waals surface area contributed by atoms with E-state index in [0.29, 0.717) is 16.3 Å². The van der Waals surface area contributed by atoms with E-state index in [1.807, 2.05) is 0 Å². The summed E-state index contributed by atoms with van der Waals surface area (Å²) in [6, 6.07) is 4.85. The summed E-state index contributed by atoms with van der Waals surface area (Å²) in [6.07, 6.45) is -2.55. The fraction of sp³-hybridized carbons (Fsp3) is 0.222. The van der Waals surface area contributed by atoms with E-state index in [4.69, 9.17) is 17.3 Å². The van der Waals surface area contributed by atoms with Crippen LogP contribution in [-0.2, 0) is 6.54 Å². The predicted octanol–water partition coefficient (Wildman–Crippen LogP) is 1.84. The van der Waals surface area contributed by atoms with Crippen LogP contribution in [0.1, 0.15) is 0 Å². The molecule has 0 fully saturated rings. The number of halogens is 3. The molecule has 0 amide bonds. The second-order valence-electron chi connectivity index (χ2n) is 3.28. The lowest BCUT2D eigenvalue weighted by Gasteiger charge is -2.07. The van der Waals surface area contributed by atoms with Crippen molar-refractivity contribution in [1.82, 2.24) is 20.2 Å². The molecule has 0 saturated carbocycles. The Labute approximate surface area is 100 Å². The largest absolute Gasteiger partial charge is 0.398 e. The van der Waals surface area contributed by atoms with Gasteiger partial charge in [-0.05, 0) is 22.6 Å². The predicted molar refractivity (Wildman–Crippen MR) is 58.7 cm³/mol. The van der Waals surface area contributed by atoms with Crippen molar-refractivity contribution in [3.63, 3.8) is 0 Å². The lowest BCUT2D eigenvalue weighted by Crippen LogP contribution is -2.10. The second kappa shape index (κ2) is 4.62. The first-order valence-corrected chi connectivity index (χ1v) is 5.06. The zero-order chi connectivity index (χ0) is 12.4. The van der Waals surface area contributed by atoms with Crippen molar-refractivity contribution in [3.05, 3.63) is 23.2 Å². The van der Waals surface area contributed by atoms with Gasteiger partial charge in [0, 0.05) is 5.69 Å². The third-order valence-corrected chi connectivity index (χ3v) is 2.43. The van der Waals surface area contributed by atoms with Gasteiger partial charge in [0.2, 0.25) is 0 Å². The number of alkyl halides is 2. The van der Waals surface area contributed by atoms with Crippen LogP contribution in [0.5, 0.6) is 0 Å². The zero-order valence-electron chi connectivity index (χ0n) is 8.52. The minimum atomic E-state index is -2.55. The molecule has 1 aromatic heterocycles. The summed E-state index contributed by atoms with van der Waals surface area (Å²) in [5.74, 6) is 0.133. The Morgan fingerprint density at radius 3 is 2.82 bits per heavy atom. The smallest absolute Gasteiger partial charge is 0.258 e. The summed E-state index contributed by atoms with van der Waals surface area (Å²) in [6.45, 7) is -0.604. The maximum absolute atomic E-state index is 12.3. The molecule has 2 aromatic rings. The number of rotatable bonds is 3. The van der Waals surface area contributed by atoms with Gasteiger partial charge in [-0.15, -0.1) is 5.10 Å². The molecular formula is C9H8ClF2N5. The zero-order valence-corrected chi connectivity index (χ0v) is 9.27. The van der Waals surface area contributed by atoms with Gasteiger partial charge >= 0.3 is 0 Å². The van der Waals surface area contributed by atoms with Crippen LogP contribution in [0.2, 0.25) is 5.02 Å². The van der Waals surface area contributed by atoms with Crippen LogP contribution in [0, 0.1) is 0 Å². The van der Waals surface area contributed by atoms with Gasteiger partial charge in [-0.25, -0.2) is 13.5 Å². The topological polar surface area (TPSA) is 69.6 Å². The molecule has 0 unspecified atom stereocenters. The molecule has 1 heterocycles. The Morgan fingerprint density at radius 2 is 2.18 bits per heavy atom. The molecule has 0 aliphatic carbocycles. The number of nitrogens with zero attached hydrogens (tertiary/aromatic N) is 4. The summed E-state index contributed by atoms with van der Waals surface area (Å²) < 4.78 is 25.6. The van der Waals surface area contributed by atoms with Crippen molar-refractivity contribution in [2.24, 2.45) is 0 Å². The van der Waals surface area contributed by atoms with Gasteiger partial charge in [-0.1, -0.05) is 17.7 Å². The Balaban J connectivity index is 2.50. The Hall–Kier alpha value is -1.76. The van der Waals surface area contributed by atoms with Crippen LogP contribution < -0.4 is 5.73 Å². The monoisotopic (exact) mass is 259 g/mol. The highest BCUT2D eigenvalue weighted by atomic mass is 35.5. The van der Waals surface area contributed by atoms with Gasteiger partial charge in [-0.2, -0.15) is 0 Å². The number of hydrogen-bond acceptors (Lipinski definition) is 4. The van der Waals surface area contributed by atoms with Crippen molar-refractivity contribution < 1.29 is 8.78 Å². The average molecular weight is 260 g/mol. The third-order valence-electron chi connectivity index (χ3n) is 2.11. The van der Waals surface area contributed by atoms with Crippen molar-refractivity contribution >= 4 is 17.3 Å². The molecule has 0 spiro atoms. The van der Waals surface area contributed by atoms with E-state index in [9.17, 15) is 8.78 Å². The van der Waals surface area contributed by atoms with Gasteiger partial charge in [0.25, 0.3) is 6.43 Å². The first-order valence-electron chi connectivity index (χ1n) is 4.68. The van der Waals surface area contributed by atoms with E-state index >= 15 is 0 Å². The molecule has 8 heteroatoms. The average Bonchev–Trinajstić information content (AvgIpc) is 2.65. The van der Waals surface area contributed by atoms with Gasteiger partial charge in [0.15, 0.2) is 5.82 Å². The summed E-state index contributed by atoms with van der Waals surface area (Å²) in [5, 5.41) is 10.8. The number of hydrogen-bond donors (Lipinski definition) is 1. The van der Waals surface area contributed by atoms with E-state index in [0.717, 1.165) is 4.68 Å². The molecule has 0 bridgehead atoms. The third kappa shape index (κ3) is 2.33. The molecule has 0 radical (unpaired) electrons. The fourth-order valence-corrected chi connectivity index (χ4v) is 1.68. The number of aromatic nitrogens is 4. The SMILES string of the molecule is Nc1cccc(Cl)c1-c1nnnn1CC(F)F. The number of benzene rings is 1. The first kappa shape index (κ1) is 11.7. The van der Waals surface area contributed by atoms with Gasteiger partial charge in [-0.3, -0.25) is 0 Å². The summed E-state index contributed by atoms with van der Waals surface area (Å²) in [5.41, 5.74) is 6.43. The van der Waals surface area contributed by atoms with Gasteiger partial charge < -0.3 is 5.73 Å². The van der Waals surface area contributed by atoms with Crippen LogP contribution >= 0.6 is 11.6 Å². The normalized spacial score (nSPS) is 11.1. The van der Waals surface area contributed by atoms with E-state index < -0.39 is 13.0 Å². The van der Waals surface area contributed by atoms with Crippen molar-refractivity contribution in [3.8, 4) is 11.4 Å². The Morgan fingerprint density at radius 1 is 1.41 bits per heavy atom. The van der Waals surface area contributed by atoms with Crippen molar-refractivity contribution in [1.29, 1.82) is 0 Å². The van der Waals surface area contributed by atoms with Crippen LogP contribution in [0.15, 0.2) is 18.2 Å². The summed E-state index contributed by atoms with van der Waals surface area (Å²) in [4.78, 5) is 0. The Kier molecular flexibility index (Phi) is 3.19. The molecule has 1 aromatic carbocycles. The molecule has 0 aliphatic rings. The van der Waals surface area contributed by atoms with E-state index in [-0.39, 0.29) is 5.82 Å². The van der Waals surface area contributed by atoms with Crippen molar-refractivity contribution in [2.45, 2.75) is 13.0 Å². The maximum Gasteiger partial charge on any atom is 0.258 e. The highest BCUT2D eigenvalue weighted by Crippen LogP contribution is 2.31. The quantitative estimate of drug-likeness (QED) is 0.854. The lowest BCUT2D eigenvalue weighted by molar-refractivity contribution is 0.121. The molecule has 0 aliphatic heterocycles. The molecule has 17 heavy (non-hydrogen) atoms. The van der Waals surface area contributed by atoms with Crippen LogP contribution in [0.3, 0.4) is 0 Å². The van der Waals surface area contributed by atoms with Crippen LogP contribution in [-0.4, -0.2) is 26.6 Å². The second-order valence-corrected chi connectivity index (χ2v) is 3.69. The molecular weight excluding hydrogens is 252 g/mol. The van der Waals surface area contributed by atoms with Gasteiger partial charge in [0.05, 0.1) is 10.6 Å². The number of nitrogen functional groups attached to an aromatic ring is 1. The molecule has 0 atom stereocenters. The van der Waals surface area contributed by atoms with Crippen molar-refractivity contribution in [2.75, 3.05) is 5.73 Å². The lowest BCUT2D eigenvalue weighted by atomic mass is 10.1. The molecule has 5 nitrogen and oxygen atoms in total. The molecule has 0 saturated heterocycles. The Bertz CT molecular complexity index is 508. The first-order chi connectivity index (χ1) is 8.09. The van der Waals surface area contributed by atoms with E-state index in [1.54, 1.807) is 18.2 Å². The van der Waals surface area contributed by atoms with Crippen LogP contribution in [0.25, 0.3) is 11.4 Å². The summed E-state index contributed by atoms with van der Waals surface area (Å²) >= 11 is 5.95. The highest BCUT2D eigenvalue weighted by molar-refractivity contribution is 6.33. The molecule has 90 valence electrons. The summed E-state index contributed by atoms with van der Waals surface area (Å²) in [7, 11) is 0. The minimum absolute atomic E-state index is 0.133. The molecule has 2 N–H and O–H groups in total.